The summed E-state index contributed by atoms with van der Waals surface area (Å²) in [5.74, 6) is 0.196. The van der Waals surface area contributed by atoms with E-state index in [0.717, 1.165) is 0 Å². The zero-order valence-electron chi connectivity index (χ0n) is 10.5. The minimum Gasteiger partial charge on any atom is -0.462 e. The second-order valence-electron chi connectivity index (χ2n) is 4.87. The summed E-state index contributed by atoms with van der Waals surface area (Å²) in [6.45, 7) is 9.88. The Labute approximate surface area is 102 Å². The van der Waals surface area contributed by atoms with Gasteiger partial charge in [0.1, 0.15) is 5.60 Å². The van der Waals surface area contributed by atoms with E-state index in [0.29, 0.717) is 5.92 Å². The standard InChI is InChI=1S/C12H19NO2S/c1-6-7-9(14)13-10(8(2)3)12(4,5)15-11(13)16/h6-8,10H,1-5H3/b7-6+/t10-/m0/s1. The first kappa shape index (κ1) is 13.2. The van der Waals surface area contributed by atoms with Crippen molar-refractivity contribution in [3.63, 3.8) is 0 Å². The predicted molar refractivity (Wildman–Crippen MR) is 68.0 cm³/mol. The molecule has 0 aromatic carbocycles. The van der Waals surface area contributed by atoms with E-state index >= 15 is 0 Å². The van der Waals surface area contributed by atoms with Crippen molar-refractivity contribution in [3.05, 3.63) is 12.2 Å². The summed E-state index contributed by atoms with van der Waals surface area (Å²) in [6, 6.07) is -0.0105. The van der Waals surface area contributed by atoms with Crippen molar-refractivity contribution < 1.29 is 9.53 Å². The molecule has 4 heteroatoms. The van der Waals surface area contributed by atoms with Crippen LogP contribution in [-0.4, -0.2) is 27.6 Å². The number of carbonyl (C=O) groups excluding carboxylic acids is 1. The van der Waals surface area contributed by atoms with Crippen LogP contribution in [0.25, 0.3) is 0 Å². The van der Waals surface area contributed by atoms with Gasteiger partial charge in [-0.05, 0) is 45.0 Å². The van der Waals surface area contributed by atoms with Crippen molar-refractivity contribution in [2.45, 2.75) is 46.3 Å². The lowest BCUT2D eigenvalue weighted by molar-refractivity contribution is -0.124. The van der Waals surface area contributed by atoms with Gasteiger partial charge >= 0.3 is 0 Å². The van der Waals surface area contributed by atoms with Crippen molar-refractivity contribution in [1.29, 1.82) is 0 Å². The zero-order chi connectivity index (χ0) is 12.5. The Morgan fingerprint density at radius 1 is 1.56 bits per heavy atom. The highest BCUT2D eigenvalue weighted by Crippen LogP contribution is 2.34. The van der Waals surface area contributed by atoms with Gasteiger partial charge in [0.2, 0.25) is 0 Å². The quantitative estimate of drug-likeness (QED) is 0.549. The normalized spacial score (nSPS) is 24.2. The molecule has 1 atom stereocenters. The number of hydrogen-bond donors (Lipinski definition) is 0. The van der Waals surface area contributed by atoms with Crippen LogP contribution >= 0.6 is 12.2 Å². The zero-order valence-corrected chi connectivity index (χ0v) is 11.3. The van der Waals surface area contributed by atoms with Gasteiger partial charge in [-0.15, -0.1) is 0 Å². The number of allylic oxidation sites excluding steroid dienone is 1. The van der Waals surface area contributed by atoms with Crippen LogP contribution in [0.1, 0.15) is 34.6 Å². The van der Waals surface area contributed by atoms with Crippen LogP contribution in [0.5, 0.6) is 0 Å². The van der Waals surface area contributed by atoms with Gasteiger partial charge in [-0.3, -0.25) is 9.69 Å². The molecule has 0 radical (unpaired) electrons. The first-order chi connectivity index (χ1) is 7.31. The Kier molecular flexibility index (Phi) is 3.73. The molecular weight excluding hydrogens is 222 g/mol. The summed E-state index contributed by atoms with van der Waals surface area (Å²) in [4.78, 5) is 13.5. The lowest BCUT2D eigenvalue weighted by Crippen LogP contribution is -2.47. The Balaban J connectivity index is 3.06. The van der Waals surface area contributed by atoms with E-state index in [1.165, 1.54) is 6.08 Å². The summed E-state index contributed by atoms with van der Waals surface area (Å²) in [5.41, 5.74) is -0.414. The SMILES string of the molecule is C/C=C/C(=O)N1C(=S)OC(C)(C)[C@@H]1C(C)C. The number of nitrogens with zero attached hydrogens (tertiary/aromatic N) is 1. The van der Waals surface area contributed by atoms with Crippen LogP contribution in [0.4, 0.5) is 0 Å². The molecule has 90 valence electrons. The summed E-state index contributed by atoms with van der Waals surface area (Å²) >= 11 is 5.13. The third-order valence-corrected chi connectivity index (χ3v) is 3.00. The maximum atomic E-state index is 11.9. The Morgan fingerprint density at radius 3 is 2.56 bits per heavy atom. The Bertz CT molecular complexity index is 334. The highest BCUT2D eigenvalue weighted by atomic mass is 32.1. The second-order valence-corrected chi connectivity index (χ2v) is 5.22. The molecule has 1 aliphatic rings. The number of ether oxygens (including phenoxy) is 1. The lowest BCUT2D eigenvalue weighted by Gasteiger charge is -2.31. The minimum atomic E-state index is -0.414. The third-order valence-electron chi connectivity index (χ3n) is 2.72. The van der Waals surface area contributed by atoms with Crippen LogP contribution in [0, 0.1) is 5.92 Å². The largest absolute Gasteiger partial charge is 0.462 e. The molecular formula is C12H19NO2S. The molecule has 0 aromatic heterocycles. The molecule has 1 amide bonds. The van der Waals surface area contributed by atoms with Gasteiger partial charge in [0.05, 0.1) is 6.04 Å². The topological polar surface area (TPSA) is 29.5 Å². The van der Waals surface area contributed by atoms with Crippen molar-refractivity contribution in [1.82, 2.24) is 4.90 Å². The molecule has 1 saturated heterocycles. The van der Waals surface area contributed by atoms with Crippen LogP contribution in [0.15, 0.2) is 12.2 Å². The average Bonchev–Trinajstić information content (AvgIpc) is 2.35. The number of hydrogen-bond acceptors (Lipinski definition) is 3. The summed E-state index contributed by atoms with van der Waals surface area (Å²) in [5, 5.41) is 0.284. The van der Waals surface area contributed by atoms with Gasteiger partial charge < -0.3 is 4.74 Å². The monoisotopic (exact) mass is 241 g/mol. The van der Waals surface area contributed by atoms with Crippen LogP contribution in [0.3, 0.4) is 0 Å². The van der Waals surface area contributed by atoms with E-state index < -0.39 is 5.60 Å². The first-order valence-electron chi connectivity index (χ1n) is 5.50. The van der Waals surface area contributed by atoms with Crippen molar-refractivity contribution in [2.24, 2.45) is 5.92 Å². The van der Waals surface area contributed by atoms with E-state index in [1.54, 1.807) is 11.0 Å². The number of amides is 1. The van der Waals surface area contributed by atoms with E-state index in [9.17, 15) is 4.79 Å². The molecule has 0 N–H and O–H groups in total. The van der Waals surface area contributed by atoms with Crippen molar-refractivity contribution in [2.75, 3.05) is 0 Å². The number of carbonyl (C=O) groups is 1. The fraction of sp³-hybridized carbons (Fsp3) is 0.667. The van der Waals surface area contributed by atoms with Gasteiger partial charge in [0.15, 0.2) is 0 Å². The highest BCUT2D eigenvalue weighted by molar-refractivity contribution is 7.80. The molecule has 1 rings (SSSR count). The van der Waals surface area contributed by atoms with Gasteiger partial charge in [-0.25, -0.2) is 0 Å². The van der Waals surface area contributed by atoms with E-state index in [2.05, 4.69) is 13.8 Å². The molecule has 1 heterocycles. The maximum absolute atomic E-state index is 11.9. The molecule has 3 nitrogen and oxygen atoms in total. The van der Waals surface area contributed by atoms with E-state index in [4.69, 9.17) is 17.0 Å². The molecule has 0 unspecified atom stereocenters. The minimum absolute atomic E-state index is 0.0105. The van der Waals surface area contributed by atoms with Crippen molar-refractivity contribution >= 4 is 23.3 Å². The summed E-state index contributed by atoms with van der Waals surface area (Å²) in [7, 11) is 0. The average molecular weight is 241 g/mol. The van der Waals surface area contributed by atoms with Gasteiger partial charge in [-0.2, -0.15) is 0 Å². The maximum Gasteiger partial charge on any atom is 0.267 e. The molecule has 0 spiro atoms. The number of thiocarbonyl (C=S) groups is 1. The van der Waals surface area contributed by atoms with Crippen LogP contribution in [0.2, 0.25) is 0 Å². The van der Waals surface area contributed by atoms with Crippen LogP contribution < -0.4 is 0 Å². The Morgan fingerprint density at radius 2 is 2.12 bits per heavy atom. The Hall–Kier alpha value is -0.900. The van der Waals surface area contributed by atoms with Crippen LogP contribution in [-0.2, 0) is 9.53 Å². The lowest BCUT2D eigenvalue weighted by atomic mass is 9.89. The molecule has 0 saturated carbocycles. The number of rotatable bonds is 2. The molecule has 1 fully saturated rings. The van der Waals surface area contributed by atoms with Gasteiger partial charge in [0.25, 0.3) is 11.1 Å². The third kappa shape index (κ3) is 2.26. The highest BCUT2D eigenvalue weighted by Gasteiger charge is 2.49. The van der Waals surface area contributed by atoms with E-state index in [1.807, 2.05) is 20.8 Å². The summed E-state index contributed by atoms with van der Waals surface area (Å²) in [6.07, 6.45) is 3.24. The second kappa shape index (κ2) is 4.53. The molecule has 0 bridgehead atoms. The molecule has 0 aromatic rings. The fourth-order valence-electron chi connectivity index (χ4n) is 2.31. The van der Waals surface area contributed by atoms with E-state index in [-0.39, 0.29) is 17.1 Å². The predicted octanol–water partition coefficient (Wildman–Crippen LogP) is 2.51. The molecule has 0 aliphatic carbocycles. The molecule has 1 aliphatic heterocycles. The van der Waals surface area contributed by atoms with Crippen molar-refractivity contribution in [3.8, 4) is 0 Å². The fourth-order valence-corrected chi connectivity index (χ4v) is 2.73. The smallest absolute Gasteiger partial charge is 0.267 e. The van der Waals surface area contributed by atoms with Gasteiger partial charge in [0, 0.05) is 0 Å². The molecule has 16 heavy (non-hydrogen) atoms. The first-order valence-corrected chi connectivity index (χ1v) is 5.91. The van der Waals surface area contributed by atoms with Gasteiger partial charge in [-0.1, -0.05) is 19.9 Å². The summed E-state index contributed by atoms with van der Waals surface area (Å²) < 4.78 is 5.61.